The van der Waals surface area contributed by atoms with Crippen LogP contribution < -0.4 is 5.32 Å². The van der Waals surface area contributed by atoms with Crippen LogP contribution in [0.4, 0.5) is 5.69 Å². The highest BCUT2D eigenvalue weighted by molar-refractivity contribution is 7.99. The molecule has 3 heteroatoms. The van der Waals surface area contributed by atoms with E-state index in [0.29, 0.717) is 0 Å². The van der Waals surface area contributed by atoms with Gasteiger partial charge in [-0.2, -0.15) is 0 Å². The Bertz CT molecular complexity index is 338. The number of carbonyl (C=O) groups is 1. The molecule has 13 heavy (non-hydrogen) atoms. The topological polar surface area (TPSA) is 29.1 Å². The zero-order chi connectivity index (χ0) is 9.26. The molecular weight excluding hydrogens is 182 g/mol. The fourth-order valence-corrected chi connectivity index (χ4v) is 2.49. The van der Waals surface area contributed by atoms with Crippen LogP contribution in [0, 0.1) is 6.92 Å². The maximum Gasteiger partial charge on any atom is 0.143 e. The molecule has 68 valence electrons. The van der Waals surface area contributed by atoms with Crippen LogP contribution in [-0.2, 0) is 4.79 Å². The highest BCUT2D eigenvalue weighted by Crippen LogP contribution is 2.34. The molecule has 2 rings (SSSR count). The normalized spacial score (nSPS) is 20.2. The number of rotatable bonds is 1. The third-order valence-electron chi connectivity index (χ3n) is 2.15. The fourth-order valence-electron chi connectivity index (χ4n) is 1.43. The number of thioether (sulfide) groups is 1. The summed E-state index contributed by atoms with van der Waals surface area (Å²) in [5.41, 5.74) is 2.33. The van der Waals surface area contributed by atoms with Crippen LogP contribution in [0.15, 0.2) is 23.1 Å². The summed E-state index contributed by atoms with van der Waals surface area (Å²) < 4.78 is 0. The highest BCUT2D eigenvalue weighted by atomic mass is 32.2. The molecular formula is C10H11NOS. The minimum absolute atomic E-state index is 0.0291. The first-order valence-corrected chi connectivity index (χ1v) is 5.24. The van der Waals surface area contributed by atoms with Gasteiger partial charge in [0.25, 0.3) is 0 Å². The molecule has 1 N–H and O–H groups in total. The monoisotopic (exact) mass is 193 g/mol. The quantitative estimate of drug-likeness (QED) is 0.692. The predicted octanol–water partition coefficient (Wildman–Crippen LogP) is 2.08. The highest BCUT2D eigenvalue weighted by Gasteiger charge is 2.18. The van der Waals surface area contributed by atoms with Gasteiger partial charge in [-0.25, -0.2) is 0 Å². The van der Waals surface area contributed by atoms with Crippen molar-refractivity contribution in [3.63, 3.8) is 0 Å². The van der Waals surface area contributed by atoms with Gasteiger partial charge in [0.1, 0.15) is 6.29 Å². The summed E-state index contributed by atoms with van der Waals surface area (Å²) in [7, 11) is 0. The van der Waals surface area contributed by atoms with E-state index in [1.165, 1.54) is 10.5 Å². The molecule has 1 aliphatic heterocycles. The Kier molecular flexibility index (Phi) is 2.27. The smallest absolute Gasteiger partial charge is 0.143 e. The Balaban J connectivity index is 2.37. The van der Waals surface area contributed by atoms with Crippen LogP contribution in [-0.4, -0.2) is 18.1 Å². The number of aryl methyl sites for hydroxylation is 1. The Morgan fingerprint density at radius 2 is 2.46 bits per heavy atom. The fraction of sp³-hybridized carbons (Fsp3) is 0.300. The molecule has 0 saturated heterocycles. The molecule has 1 unspecified atom stereocenters. The van der Waals surface area contributed by atoms with Crippen LogP contribution in [0.2, 0.25) is 0 Å². The number of hydrogen-bond donors (Lipinski definition) is 1. The number of aldehydes is 1. The summed E-state index contributed by atoms with van der Waals surface area (Å²) >= 11 is 1.74. The first-order valence-electron chi connectivity index (χ1n) is 4.25. The molecule has 0 amide bonds. The van der Waals surface area contributed by atoms with Crippen molar-refractivity contribution in [1.82, 2.24) is 0 Å². The maximum atomic E-state index is 10.6. The first-order chi connectivity index (χ1) is 6.31. The van der Waals surface area contributed by atoms with E-state index >= 15 is 0 Å². The van der Waals surface area contributed by atoms with E-state index in [0.717, 1.165) is 17.7 Å². The van der Waals surface area contributed by atoms with E-state index in [4.69, 9.17) is 0 Å². The van der Waals surface area contributed by atoms with Gasteiger partial charge >= 0.3 is 0 Å². The third kappa shape index (κ3) is 1.56. The van der Waals surface area contributed by atoms with Crippen LogP contribution in [0.5, 0.6) is 0 Å². The Hall–Kier alpha value is -0.960. The molecule has 0 saturated carbocycles. The molecule has 0 radical (unpaired) electrons. The number of hydrogen-bond acceptors (Lipinski definition) is 3. The molecule has 0 spiro atoms. The van der Waals surface area contributed by atoms with Crippen molar-refractivity contribution >= 4 is 23.7 Å². The molecule has 1 aromatic carbocycles. The van der Waals surface area contributed by atoms with Gasteiger partial charge in [-0.3, -0.25) is 0 Å². The lowest BCUT2D eigenvalue weighted by molar-refractivity contribution is -0.108. The lowest BCUT2D eigenvalue weighted by Gasteiger charge is -2.23. The van der Waals surface area contributed by atoms with E-state index < -0.39 is 0 Å². The summed E-state index contributed by atoms with van der Waals surface area (Å²) in [5, 5.41) is 3.23. The zero-order valence-corrected chi connectivity index (χ0v) is 8.23. The van der Waals surface area contributed by atoms with Gasteiger partial charge in [-0.1, -0.05) is 12.1 Å². The number of benzene rings is 1. The van der Waals surface area contributed by atoms with Gasteiger partial charge in [-0.15, -0.1) is 11.8 Å². The molecule has 0 aliphatic carbocycles. The van der Waals surface area contributed by atoms with Crippen molar-refractivity contribution in [3.05, 3.63) is 23.8 Å². The lowest BCUT2D eigenvalue weighted by atomic mass is 10.2. The van der Waals surface area contributed by atoms with Gasteiger partial charge < -0.3 is 10.1 Å². The van der Waals surface area contributed by atoms with E-state index in [1.54, 1.807) is 11.8 Å². The van der Waals surface area contributed by atoms with Crippen molar-refractivity contribution in [2.24, 2.45) is 0 Å². The second kappa shape index (κ2) is 3.42. The molecule has 1 heterocycles. The average molecular weight is 193 g/mol. The largest absolute Gasteiger partial charge is 0.374 e. The Morgan fingerprint density at radius 1 is 1.62 bits per heavy atom. The van der Waals surface area contributed by atoms with Crippen LogP contribution in [0.1, 0.15) is 5.56 Å². The molecule has 1 aromatic rings. The van der Waals surface area contributed by atoms with Crippen molar-refractivity contribution < 1.29 is 4.79 Å². The van der Waals surface area contributed by atoms with Crippen molar-refractivity contribution in [1.29, 1.82) is 0 Å². The number of carbonyl (C=O) groups excluding carboxylic acids is 1. The number of fused-ring (bicyclic) bond motifs is 1. The van der Waals surface area contributed by atoms with Gasteiger partial charge in [0, 0.05) is 10.6 Å². The summed E-state index contributed by atoms with van der Waals surface area (Å²) in [5.74, 6) is 0.833. The molecule has 2 nitrogen and oxygen atoms in total. The number of nitrogens with one attached hydrogen (secondary N) is 1. The van der Waals surface area contributed by atoms with Crippen molar-refractivity contribution in [2.75, 3.05) is 11.1 Å². The number of anilines is 1. The molecule has 0 aromatic heterocycles. The summed E-state index contributed by atoms with van der Waals surface area (Å²) in [6.07, 6.45) is 0.975. The summed E-state index contributed by atoms with van der Waals surface area (Å²) in [6.45, 7) is 2.06. The van der Waals surface area contributed by atoms with E-state index in [9.17, 15) is 4.79 Å². The standard InChI is InChI=1S/C10H11NOS/c1-7-3-2-4-9-10(7)11-8(5-12)6-13-9/h2-5,8,11H,6H2,1H3. The van der Waals surface area contributed by atoms with Crippen LogP contribution >= 0.6 is 11.8 Å². The minimum Gasteiger partial charge on any atom is -0.374 e. The van der Waals surface area contributed by atoms with Gasteiger partial charge in [-0.05, 0) is 18.6 Å². The molecule has 0 fully saturated rings. The lowest BCUT2D eigenvalue weighted by Crippen LogP contribution is -2.27. The molecule has 1 atom stereocenters. The minimum atomic E-state index is -0.0291. The number of para-hydroxylation sites is 1. The predicted molar refractivity (Wildman–Crippen MR) is 55.4 cm³/mol. The van der Waals surface area contributed by atoms with Crippen molar-refractivity contribution in [3.8, 4) is 0 Å². The van der Waals surface area contributed by atoms with E-state index in [-0.39, 0.29) is 6.04 Å². The van der Waals surface area contributed by atoms with Crippen LogP contribution in [0.25, 0.3) is 0 Å². The maximum absolute atomic E-state index is 10.6. The van der Waals surface area contributed by atoms with E-state index in [1.807, 2.05) is 6.07 Å². The second-order valence-electron chi connectivity index (χ2n) is 3.15. The van der Waals surface area contributed by atoms with Gasteiger partial charge in [0.2, 0.25) is 0 Å². The van der Waals surface area contributed by atoms with Gasteiger partial charge in [0.15, 0.2) is 0 Å². The molecule has 0 bridgehead atoms. The Labute approximate surface area is 81.7 Å². The second-order valence-corrected chi connectivity index (χ2v) is 4.21. The summed E-state index contributed by atoms with van der Waals surface area (Å²) in [4.78, 5) is 11.9. The first kappa shape index (κ1) is 8.63. The van der Waals surface area contributed by atoms with Crippen LogP contribution in [0.3, 0.4) is 0 Å². The zero-order valence-electron chi connectivity index (χ0n) is 7.41. The van der Waals surface area contributed by atoms with Crippen molar-refractivity contribution in [2.45, 2.75) is 17.9 Å². The SMILES string of the molecule is Cc1cccc2c1NC(C=O)CS2. The third-order valence-corrected chi connectivity index (χ3v) is 3.32. The van der Waals surface area contributed by atoms with Gasteiger partial charge in [0.05, 0.1) is 11.7 Å². The Morgan fingerprint density at radius 3 is 3.23 bits per heavy atom. The summed E-state index contributed by atoms with van der Waals surface area (Å²) in [6, 6.07) is 6.16. The molecule has 1 aliphatic rings. The van der Waals surface area contributed by atoms with E-state index in [2.05, 4.69) is 24.4 Å². The average Bonchev–Trinajstić information content (AvgIpc) is 2.18.